The lowest BCUT2D eigenvalue weighted by Gasteiger charge is -2.25. The van der Waals surface area contributed by atoms with Gasteiger partial charge < -0.3 is 10.2 Å². The van der Waals surface area contributed by atoms with Crippen LogP contribution in [0.4, 0.5) is 10.5 Å². The van der Waals surface area contributed by atoms with Crippen molar-refractivity contribution in [3.05, 3.63) is 35.9 Å². The van der Waals surface area contributed by atoms with E-state index >= 15 is 0 Å². The lowest BCUT2D eigenvalue weighted by Crippen LogP contribution is -2.33. The summed E-state index contributed by atoms with van der Waals surface area (Å²) in [6, 6.07) is 6.56. The van der Waals surface area contributed by atoms with E-state index in [4.69, 9.17) is 10.2 Å². The Kier molecular flexibility index (Phi) is 2.36. The quantitative estimate of drug-likeness (QED) is 0.752. The molecule has 0 aromatic heterocycles. The smallest absolute Gasteiger partial charge is 0.412 e. The molecular weight excluding hydrogens is 210 g/mol. The van der Waals surface area contributed by atoms with Crippen LogP contribution < -0.4 is 4.90 Å². The third-order valence-electron chi connectivity index (χ3n) is 2.42. The minimum atomic E-state index is -1.09. The summed E-state index contributed by atoms with van der Waals surface area (Å²) in [6.07, 6.45) is 0.312. The largest absolute Gasteiger partial charge is 0.478 e. The van der Waals surface area contributed by atoms with E-state index < -0.39 is 12.1 Å². The van der Waals surface area contributed by atoms with Gasteiger partial charge in [0, 0.05) is 12.1 Å². The number of hydrogen-bond acceptors (Lipinski definition) is 2. The summed E-state index contributed by atoms with van der Waals surface area (Å²) < 4.78 is 0. The van der Waals surface area contributed by atoms with Gasteiger partial charge in [0.05, 0.1) is 11.3 Å². The average molecular weight is 219 g/mol. The summed E-state index contributed by atoms with van der Waals surface area (Å²) in [4.78, 5) is 23.0. The van der Waals surface area contributed by atoms with Gasteiger partial charge in [0.25, 0.3) is 0 Å². The lowest BCUT2D eigenvalue weighted by atomic mass is 9.99. The number of carboxylic acids is 1. The fraction of sp³-hybridized carbons (Fsp3) is 0.0909. The van der Waals surface area contributed by atoms with Crippen molar-refractivity contribution in [1.29, 1.82) is 0 Å². The summed E-state index contributed by atoms with van der Waals surface area (Å²) in [5.74, 6) is -1.04. The van der Waals surface area contributed by atoms with Crippen LogP contribution >= 0.6 is 0 Å². The molecule has 5 heteroatoms. The van der Waals surface area contributed by atoms with Gasteiger partial charge in [-0.25, -0.2) is 9.59 Å². The highest BCUT2D eigenvalue weighted by molar-refractivity contribution is 6.19. The lowest BCUT2D eigenvalue weighted by molar-refractivity contribution is -0.130. The second-order valence-corrected chi connectivity index (χ2v) is 3.33. The molecule has 0 fully saturated rings. The molecule has 1 amide bonds. The number of anilines is 1. The minimum Gasteiger partial charge on any atom is -0.478 e. The number of para-hydroxylation sites is 1. The standard InChI is InChI=1S/C11H9NO4/c13-10(14)8-5-6-12(11(15)16)9-4-2-1-3-7(8)9/h1-5H,6H2,(H,13,14)(H,15,16). The normalized spacial score (nSPS) is 14.0. The van der Waals surface area contributed by atoms with Crippen molar-refractivity contribution in [2.45, 2.75) is 0 Å². The van der Waals surface area contributed by atoms with E-state index in [9.17, 15) is 9.59 Å². The Bertz CT molecular complexity index is 493. The molecule has 1 aromatic rings. The number of hydrogen-bond donors (Lipinski definition) is 2. The molecule has 2 N–H and O–H groups in total. The maximum Gasteiger partial charge on any atom is 0.412 e. The van der Waals surface area contributed by atoms with Crippen molar-refractivity contribution in [3.8, 4) is 0 Å². The summed E-state index contributed by atoms with van der Waals surface area (Å²) in [6.45, 7) is 0.0635. The van der Waals surface area contributed by atoms with Crippen molar-refractivity contribution in [1.82, 2.24) is 0 Å². The van der Waals surface area contributed by atoms with Crippen LogP contribution in [0.15, 0.2) is 30.3 Å². The van der Waals surface area contributed by atoms with E-state index in [0.717, 1.165) is 4.90 Å². The molecule has 0 spiro atoms. The molecule has 0 bridgehead atoms. The zero-order valence-electron chi connectivity index (χ0n) is 8.25. The van der Waals surface area contributed by atoms with Crippen molar-refractivity contribution in [2.24, 2.45) is 0 Å². The van der Waals surface area contributed by atoms with E-state index in [2.05, 4.69) is 0 Å². The first-order chi connectivity index (χ1) is 7.61. The number of nitrogens with zero attached hydrogens (tertiary/aromatic N) is 1. The van der Waals surface area contributed by atoms with Crippen LogP contribution in [0, 0.1) is 0 Å². The zero-order chi connectivity index (χ0) is 11.7. The van der Waals surface area contributed by atoms with Gasteiger partial charge in [0.1, 0.15) is 0 Å². The molecule has 0 saturated heterocycles. The molecule has 0 aliphatic carbocycles. The third-order valence-corrected chi connectivity index (χ3v) is 2.42. The maximum absolute atomic E-state index is 11.0. The summed E-state index contributed by atoms with van der Waals surface area (Å²) in [5.41, 5.74) is 0.992. The van der Waals surface area contributed by atoms with Crippen molar-refractivity contribution in [2.75, 3.05) is 11.4 Å². The highest BCUT2D eigenvalue weighted by Gasteiger charge is 2.25. The fourth-order valence-corrected chi connectivity index (χ4v) is 1.71. The summed E-state index contributed by atoms with van der Waals surface area (Å²) in [7, 11) is 0. The molecule has 16 heavy (non-hydrogen) atoms. The van der Waals surface area contributed by atoms with Gasteiger partial charge in [-0.1, -0.05) is 18.2 Å². The van der Waals surface area contributed by atoms with Crippen LogP contribution in [0.5, 0.6) is 0 Å². The molecule has 0 atom stereocenters. The molecule has 82 valence electrons. The predicted molar refractivity (Wildman–Crippen MR) is 57.4 cm³/mol. The van der Waals surface area contributed by atoms with E-state index in [1.807, 2.05) is 0 Å². The highest BCUT2D eigenvalue weighted by Crippen LogP contribution is 2.31. The van der Waals surface area contributed by atoms with Crippen molar-refractivity contribution >= 4 is 23.3 Å². The van der Waals surface area contributed by atoms with Gasteiger partial charge in [-0.15, -0.1) is 0 Å². The monoisotopic (exact) mass is 219 g/mol. The molecule has 5 nitrogen and oxygen atoms in total. The Morgan fingerprint density at radius 3 is 2.50 bits per heavy atom. The van der Waals surface area contributed by atoms with Crippen LogP contribution in [0.25, 0.3) is 5.57 Å². The highest BCUT2D eigenvalue weighted by atomic mass is 16.4. The minimum absolute atomic E-state index is 0.0635. The van der Waals surface area contributed by atoms with Crippen LogP contribution in [-0.2, 0) is 4.79 Å². The van der Waals surface area contributed by atoms with E-state index in [-0.39, 0.29) is 12.1 Å². The summed E-state index contributed by atoms with van der Waals surface area (Å²) in [5, 5.41) is 17.9. The fourth-order valence-electron chi connectivity index (χ4n) is 1.71. The van der Waals surface area contributed by atoms with Gasteiger partial charge >= 0.3 is 12.1 Å². The van der Waals surface area contributed by atoms with E-state index in [0.29, 0.717) is 11.3 Å². The first-order valence-corrected chi connectivity index (χ1v) is 4.64. The van der Waals surface area contributed by atoms with Gasteiger partial charge in [0.2, 0.25) is 0 Å². The van der Waals surface area contributed by atoms with E-state index in [1.54, 1.807) is 24.3 Å². The molecule has 1 aliphatic rings. The van der Waals surface area contributed by atoms with Gasteiger partial charge in [0.15, 0.2) is 0 Å². The van der Waals surface area contributed by atoms with E-state index in [1.165, 1.54) is 6.08 Å². The molecule has 1 heterocycles. The van der Waals surface area contributed by atoms with Gasteiger partial charge in [-0.05, 0) is 12.1 Å². The third kappa shape index (κ3) is 1.52. The Morgan fingerprint density at radius 2 is 1.88 bits per heavy atom. The maximum atomic E-state index is 11.0. The van der Waals surface area contributed by atoms with Crippen molar-refractivity contribution in [3.63, 3.8) is 0 Å². The average Bonchev–Trinajstić information content (AvgIpc) is 2.27. The number of carbonyl (C=O) groups is 2. The number of rotatable bonds is 1. The number of benzene rings is 1. The molecule has 0 radical (unpaired) electrons. The van der Waals surface area contributed by atoms with Crippen LogP contribution in [0.2, 0.25) is 0 Å². The Hall–Kier alpha value is -2.30. The molecule has 0 saturated carbocycles. The van der Waals surface area contributed by atoms with Crippen molar-refractivity contribution < 1.29 is 19.8 Å². The molecule has 1 aromatic carbocycles. The molecule has 0 unspecified atom stereocenters. The SMILES string of the molecule is O=C(O)C1=CCN(C(=O)O)c2ccccc21. The molecular formula is C11H9NO4. The number of fused-ring (bicyclic) bond motifs is 1. The topological polar surface area (TPSA) is 77.8 Å². The second kappa shape index (κ2) is 3.69. The number of aliphatic carboxylic acids is 1. The molecule has 2 rings (SSSR count). The Morgan fingerprint density at radius 1 is 1.19 bits per heavy atom. The Balaban J connectivity index is 2.56. The van der Waals surface area contributed by atoms with Crippen LogP contribution in [0.3, 0.4) is 0 Å². The number of carboxylic acid groups (broad SMARTS) is 2. The van der Waals surface area contributed by atoms with Gasteiger partial charge in [-0.2, -0.15) is 0 Å². The summed E-state index contributed by atoms with van der Waals surface area (Å²) >= 11 is 0. The molecule has 1 aliphatic heterocycles. The Labute approximate surface area is 91.2 Å². The van der Waals surface area contributed by atoms with Gasteiger partial charge in [-0.3, -0.25) is 4.90 Å². The first kappa shape index (κ1) is 10.2. The second-order valence-electron chi connectivity index (χ2n) is 3.33. The first-order valence-electron chi connectivity index (χ1n) is 4.64. The number of amides is 1. The predicted octanol–water partition coefficient (Wildman–Crippen LogP) is 1.65. The zero-order valence-corrected chi connectivity index (χ0v) is 8.25. The van der Waals surface area contributed by atoms with Crippen LogP contribution in [0.1, 0.15) is 5.56 Å². The van der Waals surface area contributed by atoms with Crippen LogP contribution in [-0.4, -0.2) is 28.8 Å².